The van der Waals surface area contributed by atoms with Crippen molar-refractivity contribution in [3.63, 3.8) is 0 Å². The monoisotopic (exact) mass is 434 g/mol. The molecule has 0 spiro atoms. The number of rotatable bonds is 4. The number of anilines is 4. The first-order chi connectivity index (χ1) is 15.9. The van der Waals surface area contributed by atoms with Crippen molar-refractivity contribution in [3.05, 3.63) is 112 Å². The van der Waals surface area contributed by atoms with Crippen molar-refractivity contribution in [1.29, 1.82) is 0 Å². The molecule has 0 radical (unpaired) electrons. The quantitative estimate of drug-likeness (QED) is 0.311. The number of hydrogen-bond donors (Lipinski definition) is 3. The molecule has 0 unspecified atom stereocenters. The van der Waals surface area contributed by atoms with E-state index in [0.29, 0.717) is 11.4 Å². The van der Waals surface area contributed by atoms with Crippen LogP contribution in [0.3, 0.4) is 0 Å². The van der Waals surface area contributed by atoms with Crippen LogP contribution in [0.5, 0.6) is 5.75 Å². The van der Waals surface area contributed by atoms with E-state index in [2.05, 4.69) is 10.6 Å². The van der Waals surface area contributed by atoms with E-state index in [1.54, 1.807) is 24.3 Å². The molecule has 3 N–H and O–H groups in total. The minimum Gasteiger partial charge on any atom is -0.507 e. The summed E-state index contributed by atoms with van der Waals surface area (Å²) in [6, 6.07) is 23.7. The standard InChI is InChI=1S/C28H22N2O3/c1-16-6-10-18(11-7-16)29-21-14-15-22(30-19-12-8-17(2)9-13-19)26-25(21)27(32)20-4-3-5-23(31)24(20)28(26)33/h3-15,29-31H,1-2H3. The number of aryl methyl sites for hydroxylation is 2. The minimum absolute atomic E-state index is 0.0365. The molecule has 0 fully saturated rings. The predicted octanol–water partition coefficient (Wildman–Crippen LogP) is 6.27. The van der Waals surface area contributed by atoms with Crippen molar-refractivity contribution in [3.8, 4) is 5.75 Å². The maximum absolute atomic E-state index is 13.6. The lowest BCUT2D eigenvalue weighted by Crippen LogP contribution is -2.23. The molecule has 0 heterocycles. The lowest BCUT2D eigenvalue weighted by atomic mass is 9.81. The zero-order valence-electron chi connectivity index (χ0n) is 18.3. The first-order valence-electron chi connectivity index (χ1n) is 10.7. The van der Waals surface area contributed by atoms with E-state index in [0.717, 1.165) is 22.5 Å². The number of carbonyl (C=O) groups is 2. The summed E-state index contributed by atoms with van der Waals surface area (Å²) in [7, 11) is 0. The summed E-state index contributed by atoms with van der Waals surface area (Å²) in [5, 5.41) is 17.0. The lowest BCUT2D eigenvalue weighted by Gasteiger charge is -2.24. The zero-order chi connectivity index (χ0) is 23.1. The highest BCUT2D eigenvalue weighted by atomic mass is 16.3. The summed E-state index contributed by atoms with van der Waals surface area (Å²) in [5.41, 5.74) is 5.66. The first kappa shape index (κ1) is 20.5. The Bertz CT molecular complexity index is 1400. The summed E-state index contributed by atoms with van der Waals surface area (Å²) >= 11 is 0. The Balaban J connectivity index is 1.68. The third kappa shape index (κ3) is 3.64. The second-order valence-electron chi connectivity index (χ2n) is 8.25. The van der Waals surface area contributed by atoms with E-state index in [4.69, 9.17) is 0 Å². The van der Waals surface area contributed by atoms with Gasteiger partial charge in [-0.2, -0.15) is 0 Å². The van der Waals surface area contributed by atoms with E-state index in [-0.39, 0.29) is 39.6 Å². The van der Waals surface area contributed by atoms with Gasteiger partial charge in [-0.1, -0.05) is 47.5 Å². The highest BCUT2D eigenvalue weighted by Gasteiger charge is 2.36. The van der Waals surface area contributed by atoms with Crippen molar-refractivity contribution in [2.24, 2.45) is 0 Å². The van der Waals surface area contributed by atoms with E-state index in [1.165, 1.54) is 6.07 Å². The molecule has 0 bridgehead atoms. The molecule has 0 atom stereocenters. The normalized spacial score (nSPS) is 12.2. The third-order valence-corrected chi connectivity index (χ3v) is 5.83. The molecule has 162 valence electrons. The van der Waals surface area contributed by atoms with E-state index in [9.17, 15) is 14.7 Å². The van der Waals surface area contributed by atoms with Gasteiger partial charge >= 0.3 is 0 Å². The van der Waals surface area contributed by atoms with Gasteiger partial charge in [0.25, 0.3) is 0 Å². The van der Waals surface area contributed by atoms with Crippen LogP contribution in [0.15, 0.2) is 78.9 Å². The van der Waals surface area contributed by atoms with Crippen molar-refractivity contribution < 1.29 is 14.7 Å². The molecule has 4 aromatic rings. The van der Waals surface area contributed by atoms with Gasteiger partial charge in [0.1, 0.15) is 5.75 Å². The van der Waals surface area contributed by atoms with Gasteiger partial charge in [-0.3, -0.25) is 9.59 Å². The number of phenolic OH excluding ortho intramolecular Hbond substituents is 1. The summed E-state index contributed by atoms with van der Waals surface area (Å²) in [4.78, 5) is 27.2. The SMILES string of the molecule is Cc1ccc(Nc2ccc(Nc3ccc(C)cc3)c3c2C(=O)c2cccc(O)c2C3=O)cc1. The van der Waals surface area contributed by atoms with Gasteiger partial charge in [0, 0.05) is 16.9 Å². The molecule has 0 saturated carbocycles. The second-order valence-corrected chi connectivity index (χ2v) is 8.25. The van der Waals surface area contributed by atoms with Crippen molar-refractivity contribution in [2.75, 3.05) is 10.6 Å². The Morgan fingerprint density at radius 2 is 1.06 bits per heavy atom. The van der Waals surface area contributed by atoms with Crippen LogP contribution in [-0.2, 0) is 0 Å². The molecule has 0 aliphatic heterocycles. The van der Waals surface area contributed by atoms with E-state index >= 15 is 0 Å². The molecule has 1 aliphatic rings. The fourth-order valence-electron chi connectivity index (χ4n) is 4.10. The molecule has 0 saturated heterocycles. The number of carbonyl (C=O) groups excluding carboxylic acids is 2. The summed E-state index contributed by atoms with van der Waals surface area (Å²) in [5.74, 6) is -0.896. The van der Waals surface area contributed by atoms with Gasteiger partial charge in [0.15, 0.2) is 11.6 Å². The highest BCUT2D eigenvalue weighted by molar-refractivity contribution is 6.33. The first-order valence-corrected chi connectivity index (χ1v) is 10.7. The second kappa shape index (κ2) is 7.95. The summed E-state index contributed by atoms with van der Waals surface area (Å²) in [6.07, 6.45) is 0. The molecular weight excluding hydrogens is 412 g/mol. The van der Waals surface area contributed by atoms with Crippen LogP contribution in [-0.4, -0.2) is 16.7 Å². The molecule has 0 amide bonds. The van der Waals surface area contributed by atoms with Crippen LogP contribution in [0, 0.1) is 13.8 Å². The fraction of sp³-hybridized carbons (Fsp3) is 0.0714. The Morgan fingerprint density at radius 1 is 0.576 bits per heavy atom. The van der Waals surface area contributed by atoms with Crippen molar-refractivity contribution in [1.82, 2.24) is 0 Å². The van der Waals surface area contributed by atoms with E-state index in [1.807, 2.05) is 62.4 Å². The van der Waals surface area contributed by atoms with Crippen LogP contribution in [0.25, 0.3) is 0 Å². The average molecular weight is 434 g/mol. The van der Waals surface area contributed by atoms with Crippen molar-refractivity contribution >= 4 is 34.3 Å². The molecule has 5 heteroatoms. The van der Waals surface area contributed by atoms with E-state index < -0.39 is 0 Å². The van der Waals surface area contributed by atoms with Crippen molar-refractivity contribution in [2.45, 2.75) is 13.8 Å². The number of benzene rings is 4. The highest BCUT2D eigenvalue weighted by Crippen LogP contribution is 2.40. The number of fused-ring (bicyclic) bond motifs is 2. The number of ketones is 2. The van der Waals surface area contributed by atoms with Gasteiger partial charge in [-0.05, 0) is 56.3 Å². The number of nitrogens with one attached hydrogen (secondary N) is 2. The number of aromatic hydroxyl groups is 1. The smallest absolute Gasteiger partial charge is 0.200 e. The molecular formula is C28H22N2O3. The lowest BCUT2D eigenvalue weighted by molar-refractivity contribution is 0.0978. The fourth-order valence-corrected chi connectivity index (χ4v) is 4.10. The van der Waals surface area contributed by atoms with Crippen LogP contribution >= 0.6 is 0 Å². The largest absolute Gasteiger partial charge is 0.507 e. The number of hydrogen-bond acceptors (Lipinski definition) is 5. The summed E-state index contributed by atoms with van der Waals surface area (Å²) in [6.45, 7) is 4.00. The topological polar surface area (TPSA) is 78.4 Å². The maximum Gasteiger partial charge on any atom is 0.200 e. The molecule has 4 aromatic carbocycles. The molecule has 5 nitrogen and oxygen atoms in total. The average Bonchev–Trinajstić information content (AvgIpc) is 2.81. The molecule has 1 aliphatic carbocycles. The Hall–Kier alpha value is -4.38. The zero-order valence-corrected chi connectivity index (χ0v) is 18.3. The van der Waals surface area contributed by atoms with Gasteiger partial charge < -0.3 is 15.7 Å². The van der Waals surface area contributed by atoms with Gasteiger partial charge in [0.2, 0.25) is 0 Å². The van der Waals surface area contributed by atoms with Gasteiger partial charge in [-0.25, -0.2) is 0 Å². The predicted molar refractivity (Wildman–Crippen MR) is 130 cm³/mol. The Labute approximate surface area is 191 Å². The Morgan fingerprint density at radius 3 is 1.58 bits per heavy atom. The third-order valence-electron chi connectivity index (χ3n) is 5.83. The molecule has 5 rings (SSSR count). The minimum atomic E-state index is -0.389. The summed E-state index contributed by atoms with van der Waals surface area (Å²) < 4.78 is 0. The van der Waals surface area contributed by atoms with Crippen LogP contribution < -0.4 is 10.6 Å². The van der Waals surface area contributed by atoms with Gasteiger partial charge in [0.05, 0.1) is 28.1 Å². The van der Waals surface area contributed by atoms with Crippen LogP contribution in [0.1, 0.15) is 43.0 Å². The van der Waals surface area contributed by atoms with Gasteiger partial charge in [-0.15, -0.1) is 0 Å². The molecule has 0 aromatic heterocycles. The van der Waals surface area contributed by atoms with Crippen LogP contribution in [0.2, 0.25) is 0 Å². The maximum atomic E-state index is 13.6. The number of phenols is 1. The van der Waals surface area contributed by atoms with Crippen LogP contribution in [0.4, 0.5) is 22.7 Å². The molecule has 33 heavy (non-hydrogen) atoms. The Kier molecular flexibility index (Phi) is 4.94.